The van der Waals surface area contributed by atoms with Crippen LogP contribution in [0.5, 0.6) is 5.75 Å². The van der Waals surface area contributed by atoms with Gasteiger partial charge in [0.2, 0.25) is 0 Å². The third-order valence-electron chi connectivity index (χ3n) is 5.48. The van der Waals surface area contributed by atoms with Crippen LogP contribution in [0, 0.1) is 25.5 Å². The number of rotatable bonds is 6. The summed E-state index contributed by atoms with van der Waals surface area (Å²) in [5, 5.41) is 3.07. The molecule has 0 unspecified atom stereocenters. The van der Waals surface area contributed by atoms with E-state index >= 15 is 0 Å². The number of imide groups is 1. The lowest BCUT2D eigenvalue weighted by atomic mass is 10.0. The Morgan fingerprint density at radius 3 is 2.21 bits per heavy atom. The van der Waals surface area contributed by atoms with Crippen LogP contribution in [0.1, 0.15) is 23.6 Å². The average molecular weight is 448 g/mol. The summed E-state index contributed by atoms with van der Waals surface area (Å²) in [7, 11) is 0. The highest BCUT2D eigenvalue weighted by atomic mass is 19.2. The first-order valence-corrected chi connectivity index (χ1v) is 10.5. The Bertz CT molecular complexity index is 1280. The summed E-state index contributed by atoms with van der Waals surface area (Å²) in [6.45, 7) is 6.26. The van der Waals surface area contributed by atoms with E-state index in [0.29, 0.717) is 23.6 Å². The normalized spacial score (nSPS) is 13.7. The SMILES string of the molecule is CCOc1ccc(C2=C(Nc3ccc(C)c(C)c3)C(=O)N(c3ccc(F)c(F)c3)C2=O)cc1. The molecule has 2 amide bonds. The van der Waals surface area contributed by atoms with Gasteiger partial charge in [-0.05, 0) is 73.9 Å². The first-order chi connectivity index (χ1) is 15.8. The lowest BCUT2D eigenvalue weighted by Crippen LogP contribution is -2.32. The summed E-state index contributed by atoms with van der Waals surface area (Å²) in [6, 6.07) is 15.3. The highest BCUT2D eigenvalue weighted by molar-refractivity contribution is 6.46. The third-order valence-corrected chi connectivity index (χ3v) is 5.48. The van der Waals surface area contributed by atoms with Crippen molar-refractivity contribution >= 4 is 28.8 Å². The number of halogens is 2. The zero-order valence-electron chi connectivity index (χ0n) is 18.4. The molecule has 0 bridgehead atoms. The van der Waals surface area contributed by atoms with Crippen molar-refractivity contribution < 1.29 is 23.1 Å². The number of hydrogen-bond donors (Lipinski definition) is 1. The number of carbonyl (C=O) groups is 2. The van der Waals surface area contributed by atoms with Crippen LogP contribution in [0.3, 0.4) is 0 Å². The molecule has 0 radical (unpaired) electrons. The van der Waals surface area contributed by atoms with Gasteiger partial charge in [-0.2, -0.15) is 0 Å². The molecule has 5 nitrogen and oxygen atoms in total. The van der Waals surface area contributed by atoms with Gasteiger partial charge in [0, 0.05) is 11.8 Å². The number of benzene rings is 3. The fraction of sp³-hybridized carbons (Fsp3) is 0.154. The van der Waals surface area contributed by atoms with Gasteiger partial charge < -0.3 is 10.1 Å². The van der Waals surface area contributed by atoms with Crippen molar-refractivity contribution in [2.24, 2.45) is 0 Å². The maximum Gasteiger partial charge on any atom is 0.282 e. The van der Waals surface area contributed by atoms with Crippen molar-refractivity contribution in [1.29, 1.82) is 0 Å². The zero-order chi connectivity index (χ0) is 23.7. The molecule has 0 atom stereocenters. The van der Waals surface area contributed by atoms with Crippen molar-refractivity contribution in [2.75, 3.05) is 16.8 Å². The monoisotopic (exact) mass is 448 g/mol. The van der Waals surface area contributed by atoms with Crippen LogP contribution in [0.4, 0.5) is 20.2 Å². The largest absolute Gasteiger partial charge is 0.494 e. The molecule has 3 aromatic rings. The number of aryl methyl sites for hydroxylation is 2. The van der Waals surface area contributed by atoms with E-state index in [0.717, 1.165) is 28.2 Å². The molecule has 7 heteroatoms. The Kier molecular flexibility index (Phi) is 5.96. The molecule has 33 heavy (non-hydrogen) atoms. The van der Waals surface area contributed by atoms with E-state index in [1.54, 1.807) is 24.3 Å². The van der Waals surface area contributed by atoms with Crippen LogP contribution >= 0.6 is 0 Å². The lowest BCUT2D eigenvalue weighted by molar-refractivity contribution is -0.120. The summed E-state index contributed by atoms with van der Waals surface area (Å²) in [5.74, 6) is -2.88. The fourth-order valence-electron chi connectivity index (χ4n) is 3.62. The number of hydrogen-bond acceptors (Lipinski definition) is 4. The molecule has 0 fully saturated rings. The molecule has 4 rings (SSSR count). The minimum atomic E-state index is -1.15. The molecule has 1 aliphatic heterocycles. The predicted octanol–water partition coefficient (Wildman–Crippen LogP) is 5.38. The molecule has 0 aliphatic carbocycles. The highest BCUT2D eigenvalue weighted by Crippen LogP contribution is 2.35. The van der Waals surface area contributed by atoms with E-state index in [2.05, 4.69) is 5.32 Å². The van der Waals surface area contributed by atoms with Gasteiger partial charge in [0.1, 0.15) is 11.4 Å². The molecule has 0 aromatic heterocycles. The van der Waals surface area contributed by atoms with E-state index in [1.807, 2.05) is 39.0 Å². The fourth-order valence-corrected chi connectivity index (χ4v) is 3.62. The van der Waals surface area contributed by atoms with Gasteiger partial charge in [-0.3, -0.25) is 9.59 Å². The molecular weight excluding hydrogens is 426 g/mol. The number of carbonyl (C=O) groups excluding carboxylic acids is 2. The Morgan fingerprint density at radius 1 is 0.848 bits per heavy atom. The van der Waals surface area contributed by atoms with Crippen LogP contribution in [0.2, 0.25) is 0 Å². The minimum absolute atomic E-state index is 0.0516. The van der Waals surface area contributed by atoms with Crippen LogP contribution in [-0.4, -0.2) is 18.4 Å². The van der Waals surface area contributed by atoms with Crippen molar-refractivity contribution in [1.82, 2.24) is 0 Å². The average Bonchev–Trinajstić information content (AvgIpc) is 3.03. The number of anilines is 2. The molecule has 3 aromatic carbocycles. The molecule has 168 valence electrons. The molecule has 0 spiro atoms. The van der Waals surface area contributed by atoms with Gasteiger partial charge in [-0.25, -0.2) is 13.7 Å². The van der Waals surface area contributed by atoms with Gasteiger partial charge in [0.25, 0.3) is 11.8 Å². The van der Waals surface area contributed by atoms with E-state index in [4.69, 9.17) is 4.74 Å². The topological polar surface area (TPSA) is 58.6 Å². The van der Waals surface area contributed by atoms with Crippen LogP contribution in [0.25, 0.3) is 5.57 Å². The smallest absolute Gasteiger partial charge is 0.282 e. The molecular formula is C26H22F2N2O3. The zero-order valence-corrected chi connectivity index (χ0v) is 18.4. The highest BCUT2D eigenvalue weighted by Gasteiger charge is 2.40. The third kappa shape index (κ3) is 4.22. The van der Waals surface area contributed by atoms with E-state index < -0.39 is 23.4 Å². The predicted molar refractivity (Wildman–Crippen MR) is 123 cm³/mol. The Labute approximate surface area is 190 Å². The summed E-state index contributed by atoms with van der Waals surface area (Å²) in [5.41, 5.74) is 3.35. The van der Waals surface area contributed by atoms with Crippen molar-refractivity contribution in [3.05, 3.63) is 94.7 Å². The molecule has 0 saturated heterocycles. The Balaban J connectivity index is 1.80. The molecule has 0 saturated carbocycles. The van der Waals surface area contributed by atoms with Gasteiger partial charge in [0.05, 0.1) is 17.9 Å². The molecule has 1 aliphatic rings. The van der Waals surface area contributed by atoms with Crippen LogP contribution in [-0.2, 0) is 9.59 Å². The maximum atomic E-state index is 13.9. The van der Waals surface area contributed by atoms with Gasteiger partial charge in [0.15, 0.2) is 11.6 Å². The first kappa shape index (κ1) is 22.2. The van der Waals surface area contributed by atoms with Gasteiger partial charge in [-0.15, -0.1) is 0 Å². The molecule has 1 N–H and O–H groups in total. The second-order valence-electron chi connectivity index (χ2n) is 7.68. The van der Waals surface area contributed by atoms with Crippen molar-refractivity contribution in [3.63, 3.8) is 0 Å². The standard InChI is InChI=1S/C26H22F2N2O3/c1-4-33-20-10-6-17(7-11-20)23-24(29-18-8-5-15(2)16(3)13-18)26(32)30(25(23)31)19-9-12-21(27)22(28)14-19/h5-14,29H,4H2,1-3H3. The minimum Gasteiger partial charge on any atom is -0.494 e. The lowest BCUT2D eigenvalue weighted by Gasteiger charge is -2.16. The summed E-state index contributed by atoms with van der Waals surface area (Å²) >= 11 is 0. The Morgan fingerprint density at radius 2 is 1.58 bits per heavy atom. The van der Waals surface area contributed by atoms with Crippen molar-refractivity contribution in [3.8, 4) is 5.75 Å². The van der Waals surface area contributed by atoms with Crippen LogP contribution < -0.4 is 15.0 Å². The van der Waals surface area contributed by atoms with E-state index in [-0.39, 0.29) is 17.0 Å². The second-order valence-corrected chi connectivity index (χ2v) is 7.68. The summed E-state index contributed by atoms with van der Waals surface area (Å²) < 4.78 is 32.8. The van der Waals surface area contributed by atoms with E-state index in [9.17, 15) is 18.4 Å². The Hall–Kier alpha value is -4.00. The molecule has 1 heterocycles. The van der Waals surface area contributed by atoms with Crippen LogP contribution in [0.15, 0.2) is 66.4 Å². The second kappa shape index (κ2) is 8.86. The maximum absolute atomic E-state index is 13.9. The van der Waals surface area contributed by atoms with E-state index in [1.165, 1.54) is 6.07 Å². The van der Waals surface area contributed by atoms with Gasteiger partial charge >= 0.3 is 0 Å². The van der Waals surface area contributed by atoms with Crippen molar-refractivity contribution in [2.45, 2.75) is 20.8 Å². The number of nitrogens with zero attached hydrogens (tertiary/aromatic N) is 1. The summed E-state index contributed by atoms with van der Waals surface area (Å²) in [4.78, 5) is 27.6. The number of amides is 2. The number of nitrogens with one attached hydrogen (secondary N) is 1. The summed E-state index contributed by atoms with van der Waals surface area (Å²) in [6.07, 6.45) is 0. The van der Waals surface area contributed by atoms with Gasteiger partial charge in [-0.1, -0.05) is 18.2 Å². The quantitative estimate of drug-likeness (QED) is 0.515. The first-order valence-electron chi connectivity index (χ1n) is 10.5. The number of ether oxygens (including phenoxy) is 1.